The van der Waals surface area contributed by atoms with Gasteiger partial charge in [0.1, 0.15) is 11.6 Å². The van der Waals surface area contributed by atoms with E-state index in [-0.39, 0.29) is 16.7 Å². The summed E-state index contributed by atoms with van der Waals surface area (Å²) in [6.07, 6.45) is 1.65. The molecule has 0 aliphatic rings. The molecular formula is C14H14Cl2N2OS. The van der Waals surface area contributed by atoms with Crippen molar-refractivity contribution in [1.82, 2.24) is 5.32 Å². The second-order valence-electron chi connectivity index (χ2n) is 4.14. The number of rotatable bonds is 4. The molecule has 0 aromatic heterocycles. The van der Waals surface area contributed by atoms with Crippen LogP contribution in [0, 0.1) is 11.3 Å². The molecule has 1 atom stereocenters. The SMILES string of the molecule is CSC(=O)C(C#N)=C(C)NC(C)c1ccc(Cl)c(Cl)c1. The molecule has 0 saturated carbocycles. The van der Waals surface area contributed by atoms with Crippen molar-refractivity contribution in [3.63, 3.8) is 0 Å². The van der Waals surface area contributed by atoms with E-state index in [0.717, 1.165) is 17.3 Å². The molecule has 1 rings (SSSR count). The van der Waals surface area contributed by atoms with Crippen molar-refractivity contribution in [3.8, 4) is 6.07 Å². The van der Waals surface area contributed by atoms with Gasteiger partial charge >= 0.3 is 0 Å². The first-order chi connectivity index (χ1) is 9.40. The number of nitrogens with zero attached hydrogens (tertiary/aromatic N) is 1. The van der Waals surface area contributed by atoms with E-state index >= 15 is 0 Å². The summed E-state index contributed by atoms with van der Waals surface area (Å²) in [6, 6.07) is 7.16. The lowest BCUT2D eigenvalue weighted by atomic mass is 10.1. The Hall–Kier alpha value is -1.15. The van der Waals surface area contributed by atoms with Crippen molar-refractivity contribution >= 4 is 40.1 Å². The van der Waals surface area contributed by atoms with Crippen LogP contribution in [0.2, 0.25) is 10.0 Å². The topological polar surface area (TPSA) is 52.9 Å². The second kappa shape index (κ2) is 7.58. The number of thioether (sulfide) groups is 1. The first kappa shape index (κ1) is 16.9. The van der Waals surface area contributed by atoms with E-state index in [4.69, 9.17) is 28.5 Å². The maximum atomic E-state index is 11.6. The smallest absolute Gasteiger partial charge is 0.231 e. The van der Waals surface area contributed by atoms with Gasteiger partial charge in [-0.15, -0.1) is 0 Å². The minimum Gasteiger partial charge on any atom is -0.381 e. The maximum absolute atomic E-state index is 11.6. The molecule has 3 nitrogen and oxygen atoms in total. The van der Waals surface area contributed by atoms with Crippen molar-refractivity contribution in [1.29, 1.82) is 5.26 Å². The number of nitrogens with one attached hydrogen (secondary N) is 1. The summed E-state index contributed by atoms with van der Waals surface area (Å²) in [5, 5.41) is 12.9. The molecular weight excluding hydrogens is 315 g/mol. The first-order valence-corrected chi connectivity index (χ1v) is 7.79. The highest BCUT2D eigenvalue weighted by Crippen LogP contribution is 2.26. The normalized spacial score (nSPS) is 13.2. The Kier molecular flexibility index (Phi) is 6.41. The fourth-order valence-corrected chi connectivity index (χ4v) is 2.36. The van der Waals surface area contributed by atoms with E-state index in [0.29, 0.717) is 15.7 Å². The van der Waals surface area contributed by atoms with Crippen LogP contribution in [0.25, 0.3) is 0 Å². The summed E-state index contributed by atoms with van der Waals surface area (Å²) in [5.41, 5.74) is 1.60. The van der Waals surface area contributed by atoms with Gasteiger partial charge in [-0.3, -0.25) is 4.79 Å². The molecule has 0 saturated heterocycles. The Morgan fingerprint density at radius 3 is 2.55 bits per heavy atom. The van der Waals surface area contributed by atoms with Gasteiger partial charge in [-0.05, 0) is 37.8 Å². The van der Waals surface area contributed by atoms with Crippen LogP contribution in [0.3, 0.4) is 0 Å². The third kappa shape index (κ3) is 4.17. The number of halogens is 2. The van der Waals surface area contributed by atoms with Crippen LogP contribution >= 0.6 is 35.0 Å². The van der Waals surface area contributed by atoms with Crippen molar-refractivity contribution < 1.29 is 4.79 Å². The van der Waals surface area contributed by atoms with Gasteiger partial charge in [0, 0.05) is 11.7 Å². The zero-order chi connectivity index (χ0) is 15.3. The van der Waals surface area contributed by atoms with E-state index < -0.39 is 0 Å². The molecule has 1 unspecified atom stereocenters. The van der Waals surface area contributed by atoms with Gasteiger partial charge in [0.05, 0.1) is 10.0 Å². The van der Waals surface area contributed by atoms with Crippen LogP contribution in [0.4, 0.5) is 0 Å². The van der Waals surface area contributed by atoms with Crippen LogP contribution in [0.1, 0.15) is 25.5 Å². The predicted molar refractivity (Wildman–Crippen MR) is 84.8 cm³/mol. The third-order valence-electron chi connectivity index (χ3n) is 2.75. The molecule has 1 aromatic rings. The molecule has 1 aromatic carbocycles. The summed E-state index contributed by atoms with van der Waals surface area (Å²) in [4.78, 5) is 11.6. The molecule has 0 radical (unpaired) electrons. The summed E-state index contributed by atoms with van der Waals surface area (Å²) in [5.74, 6) is 0. The summed E-state index contributed by atoms with van der Waals surface area (Å²) in [7, 11) is 0. The molecule has 0 aliphatic carbocycles. The highest BCUT2D eigenvalue weighted by atomic mass is 35.5. The summed E-state index contributed by atoms with van der Waals surface area (Å²) >= 11 is 12.9. The molecule has 1 N–H and O–H groups in total. The number of benzene rings is 1. The van der Waals surface area contributed by atoms with Gasteiger partial charge in [0.25, 0.3) is 0 Å². The standard InChI is InChI=1S/C14H14Cl2N2OS/c1-8(10-4-5-12(15)13(16)6-10)18-9(2)11(7-17)14(19)20-3/h4-6,8,18H,1-3H3. The van der Waals surface area contributed by atoms with E-state index in [1.807, 2.05) is 19.1 Å². The van der Waals surface area contributed by atoms with Gasteiger partial charge in [0.15, 0.2) is 0 Å². The van der Waals surface area contributed by atoms with Crippen molar-refractivity contribution in [2.24, 2.45) is 0 Å². The lowest BCUT2D eigenvalue weighted by Crippen LogP contribution is -2.19. The Bertz CT molecular complexity index is 593. The van der Waals surface area contributed by atoms with Gasteiger partial charge in [-0.2, -0.15) is 5.26 Å². The van der Waals surface area contributed by atoms with Crippen LogP contribution in [0.5, 0.6) is 0 Å². The number of hydrogen-bond donors (Lipinski definition) is 1. The zero-order valence-corrected chi connectivity index (χ0v) is 13.7. The largest absolute Gasteiger partial charge is 0.381 e. The number of hydrogen-bond acceptors (Lipinski definition) is 4. The lowest BCUT2D eigenvalue weighted by Gasteiger charge is -2.17. The summed E-state index contributed by atoms with van der Waals surface area (Å²) < 4.78 is 0. The van der Waals surface area contributed by atoms with E-state index in [1.54, 1.807) is 25.3 Å². The highest BCUT2D eigenvalue weighted by Gasteiger charge is 2.14. The first-order valence-electron chi connectivity index (χ1n) is 5.81. The number of carbonyl (C=O) groups excluding carboxylic acids is 1. The second-order valence-corrected chi connectivity index (χ2v) is 5.74. The van der Waals surface area contributed by atoms with E-state index in [1.165, 1.54) is 0 Å². The third-order valence-corrected chi connectivity index (χ3v) is 4.07. The molecule has 0 spiro atoms. The average Bonchev–Trinajstić information content (AvgIpc) is 2.42. The predicted octanol–water partition coefficient (Wildman–Crippen LogP) is 4.33. The molecule has 6 heteroatoms. The quantitative estimate of drug-likeness (QED) is 0.660. The van der Waals surface area contributed by atoms with Gasteiger partial charge in [0.2, 0.25) is 5.12 Å². The Morgan fingerprint density at radius 2 is 2.05 bits per heavy atom. The fourth-order valence-electron chi connectivity index (χ4n) is 1.65. The maximum Gasteiger partial charge on any atom is 0.231 e. The van der Waals surface area contributed by atoms with E-state index in [9.17, 15) is 4.79 Å². The van der Waals surface area contributed by atoms with Crippen molar-refractivity contribution in [2.45, 2.75) is 19.9 Å². The van der Waals surface area contributed by atoms with Crippen LogP contribution < -0.4 is 5.32 Å². The van der Waals surface area contributed by atoms with Crippen molar-refractivity contribution in [3.05, 3.63) is 45.1 Å². The number of carbonyl (C=O) groups is 1. The van der Waals surface area contributed by atoms with E-state index in [2.05, 4.69) is 5.32 Å². The van der Waals surface area contributed by atoms with Crippen LogP contribution in [-0.4, -0.2) is 11.4 Å². The van der Waals surface area contributed by atoms with Gasteiger partial charge < -0.3 is 5.32 Å². The van der Waals surface area contributed by atoms with Crippen molar-refractivity contribution in [2.75, 3.05) is 6.26 Å². The highest BCUT2D eigenvalue weighted by molar-refractivity contribution is 8.13. The zero-order valence-electron chi connectivity index (χ0n) is 11.3. The molecule has 0 heterocycles. The minimum absolute atomic E-state index is 0.0947. The Labute approximate surface area is 132 Å². The molecule has 0 amide bonds. The lowest BCUT2D eigenvalue weighted by molar-refractivity contribution is -0.107. The average molecular weight is 329 g/mol. The van der Waals surface area contributed by atoms with Crippen LogP contribution in [0.15, 0.2) is 29.5 Å². The number of allylic oxidation sites excluding steroid dienone is 1. The van der Waals surface area contributed by atoms with Gasteiger partial charge in [-0.1, -0.05) is 41.0 Å². The minimum atomic E-state index is -0.251. The summed E-state index contributed by atoms with van der Waals surface area (Å²) in [6.45, 7) is 3.63. The molecule has 0 aliphatic heterocycles. The monoisotopic (exact) mass is 328 g/mol. The van der Waals surface area contributed by atoms with Crippen LogP contribution in [-0.2, 0) is 4.79 Å². The number of nitriles is 1. The molecule has 0 fully saturated rings. The molecule has 0 bridgehead atoms. The van der Waals surface area contributed by atoms with Gasteiger partial charge in [-0.25, -0.2) is 0 Å². The fraction of sp³-hybridized carbons (Fsp3) is 0.286. The molecule has 20 heavy (non-hydrogen) atoms. The Balaban J connectivity index is 2.97. The Morgan fingerprint density at radius 1 is 1.40 bits per heavy atom. The molecule has 106 valence electrons.